The molecule has 1 heterocycles. The Kier molecular flexibility index (Phi) is 4.67. The predicted molar refractivity (Wildman–Crippen MR) is 96.7 cm³/mol. The summed E-state index contributed by atoms with van der Waals surface area (Å²) in [6.45, 7) is 0.475. The van der Waals surface area contributed by atoms with E-state index in [2.05, 4.69) is 5.32 Å². The van der Waals surface area contributed by atoms with Gasteiger partial charge in [-0.05, 0) is 30.2 Å². The molecule has 0 bridgehead atoms. The summed E-state index contributed by atoms with van der Waals surface area (Å²) >= 11 is 5.96. The first-order valence-corrected chi connectivity index (χ1v) is 8.05. The number of hydrogen-bond donors (Lipinski definition) is 1. The molecular formula is C19H17ClN2O2. The van der Waals surface area contributed by atoms with Gasteiger partial charge in [0.2, 0.25) is 0 Å². The molecule has 3 aromatic rings. The Hall–Kier alpha value is -2.59. The van der Waals surface area contributed by atoms with Crippen molar-refractivity contribution in [3.63, 3.8) is 0 Å². The predicted octanol–water partition coefficient (Wildman–Crippen LogP) is 3.16. The number of para-hydroxylation sites is 1. The molecule has 0 aliphatic rings. The summed E-state index contributed by atoms with van der Waals surface area (Å²) < 4.78 is 1.54. The molecule has 3 rings (SSSR count). The van der Waals surface area contributed by atoms with Gasteiger partial charge in [-0.2, -0.15) is 0 Å². The van der Waals surface area contributed by atoms with Crippen LogP contribution in [0.2, 0.25) is 5.02 Å². The molecule has 0 saturated heterocycles. The largest absolute Gasteiger partial charge is 0.352 e. The van der Waals surface area contributed by atoms with Gasteiger partial charge in [0, 0.05) is 30.1 Å². The number of fused-ring (bicyclic) bond motifs is 1. The number of aromatic nitrogens is 1. The van der Waals surface area contributed by atoms with Crippen LogP contribution in [0.3, 0.4) is 0 Å². The number of aryl methyl sites for hydroxylation is 1. The lowest BCUT2D eigenvalue weighted by Crippen LogP contribution is -2.28. The molecule has 4 nitrogen and oxygen atoms in total. The number of hydrogen-bond acceptors (Lipinski definition) is 2. The number of rotatable bonds is 4. The van der Waals surface area contributed by atoms with Crippen LogP contribution in [0.25, 0.3) is 10.9 Å². The number of nitrogens with zero attached hydrogens (tertiary/aromatic N) is 1. The Morgan fingerprint density at radius 2 is 1.92 bits per heavy atom. The van der Waals surface area contributed by atoms with E-state index in [1.165, 1.54) is 10.6 Å². The molecule has 1 N–H and O–H groups in total. The van der Waals surface area contributed by atoms with Crippen molar-refractivity contribution in [1.29, 1.82) is 0 Å². The van der Waals surface area contributed by atoms with E-state index in [0.717, 1.165) is 16.5 Å². The van der Waals surface area contributed by atoms with Crippen molar-refractivity contribution in [1.82, 2.24) is 9.88 Å². The Labute approximate surface area is 144 Å². The SMILES string of the molecule is Cn1c(=O)cc(C(=O)NCCc2cccc(Cl)c2)c2ccccc21. The van der Waals surface area contributed by atoms with Gasteiger partial charge in [-0.1, -0.05) is 41.9 Å². The maximum atomic E-state index is 12.5. The molecule has 0 atom stereocenters. The van der Waals surface area contributed by atoms with Gasteiger partial charge in [-0.15, -0.1) is 0 Å². The first-order valence-electron chi connectivity index (χ1n) is 7.67. The highest BCUT2D eigenvalue weighted by atomic mass is 35.5. The fraction of sp³-hybridized carbons (Fsp3) is 0.158. The lowest BCUT2D eigenvalue weighted by Gasteiger charge is -2.10. The van der Waals surface area contributed by atoms with Gasteiger partial charge < -0.3 is 9.88 Å². The van der Waals surface area contributed by atoms with Crippen LogP contribution in [0, 0.1) is 0 Å². The van der Waals surface area contributed by atoms with Crippen molar-refractivity contribution in [2.75, 3.05) is 6.54 Å². The van der Waals surface area contributed by atoms with E-state index in [1.807, 2.05) is 48.5 Å². The zero-order valence-electron chi connectivity index (χ0n) is 13.3. The average molecular weight is 341 g/mol. The molecule has 0 saturated carbocycles. The summed E-state index contributed by atoms with van der Waals surface area (Å²) in [6.07, 6.45) is 0.676. The maximum Gasteiger partial charge on any atom is 0.252 e. The van der Waals surface area contributed by atoms with Crippen molar-refractivity contribution in [2.45, 2.75) is 6.42 Å². The minimum Gasteiger partial charge on any atom is -0.352 e. The molecule has 122 valence electrons. The Morgan fingerprint density at radius 3 is 2.71 bits per heavy atom. The molecular weight excluding hydrogens is 324 g/mol. The third-order valence-corrected chi connectivity index (χ3v) is 4.22. The monoisotopic (exact) mass is 340 g/mol. The highest BCUT2D eigenvalue weighted by Gasteiger charge is 2.12. The standard InChI is InChI=1S/C19H17ClN2O2/c1-22-17-8-3-2-7-15(17)16(12-18(22)23)19(24)21-10-9-13-5-4-6-14(20)11-13/h2-8,11-12H,9-10H2,1H3,(H,21,24). The Bertz CT molecular complexity index is 963. The zero-order chi connectivity index (χ0) is 17.1. The van der Waals surface area contributed by atoms with Crippen molar-refractivity contribution in [2.24, 2.45) is 7.05 Å². The summed E-state index contributed by atoms with van der Waals surface area (Å²) in [7, 11) is 1.70. The van der Waals surface area contributed by atoms with Crippen molar-refractivity contribution < 1.29 is 4.79 Å². The van der Waals surface area contributed by atoms with Crippen LogP contribution in [0.1, 0.15) is 15.9 Å². The molecule has 0 radical (unpaired) electrons. The third-order valence-electron chi connectivity index (χ3n) is 3.99. The van der Waals surface area contributed by atoms with Crippen LogP contribution in [-0.2, 0) is 13.5 Å². The molecule has 1 amide bonds. The number of amides is 1. The first kappa shape index (κ1) is 16.3. The van der Waals surface area contributed by atoms with E-state index < -0.39 is 0 Å². The minimum absolute atomic E-state index is 0.200. The van der Waals surface area contributed by atoms with Crippen molar-refractivity contribution in [3.05, 3.63) is 81.1 Å². The Morgan fingerprint density at radius 1 is 1.12 bits per heavy atom. The molecule has 0 fully saturated rings. The fourth-order valence-electron chi connectivity index (χ4n) is 2.71. The van der Waals surface area contributed by atoms with Crippen LogP contribution in [0.5, 0.6) is 0 Å². The highest BCUT2D eigenvalue weighted by Crippen LogP contribution is 2.16. The lowest BCUT2D eigenvalue weighted by molar-refractivity contribution is 0.0955. The number of pyridine rings is 1. The van der Waals surface area contributed by atoms with E-state index in [4.69, 9.17) is 11.6 Å². The second kappa shape index (κ2) is 6.89. The van der Waals surface area contributed by atoms with Gasteiger partial charge in [0.15, 0.2) is 0 Å². The first-order chi connectivity index (χ1) is 11.6. The number of halogens is 1. The summed E-state index contributed by atoms with van der Waals surface area (Å²) in [5.41, 5.74) is 2.00. The summed E-state index contributed by atoms with van der Waals surface area (Å²) in [5.74, 6) is -0.245. The second-order valence-corrected chi connectivity index (χ2v) is 6.04. The van der Waals surface area contributed by atoms with Crippen LogP contribution in [0.4, 0.5) is 0 Å². The second-order valence-electron chi connectivity index (χ2n) is 5.61. The van der Waals surface area contributed by atoms with Crippen LogP contribution < -0.4 is 10.9 Å². The van der Waals surface area contributed by atoms with E-state index in [0.29, 0.717) is 23.6 Å². The van der Waals surface area contributed by atoms with E-state index in [9.17, 15) is 9.59 Å². The number of nitrogens with one attached hydrogen (secondary N) is 1. The van der Waals surface area contributed by atoms with Gasteiger partial charge >= 0.3 is 0 Å². The van der Waals surface area contributed by atoms with Crippen LogP contribution in [0.15, 0.2) is 59.4 Å². The molecule has 0 spiro atoms. The topological polar surface area (TPSA) is 51.1 Å². The smallest absolute Gasteiger partial charge is 0.252 e. The minimum atomic E-state index is -0.245. The normalized spacial score (nSPS) is 10.8. The van der Waals surface area contributed by atoms with Crippen molar-refractivity contribution in [3.8, 4) is 0 Å². The number of carbonyl (C=O) groups is 1. The summed E-state index contributed by atoms with van der Waals surface area (Å²) in [4.78, 5) is 24.6. The third kappa shape index (κ3) is 3.34. The summed E-state index contributed by atoms with van der Waals surface area (Å²) in [5, 5.41) is 4.32. The average Bonchev–Trinajstić information content (AvgIpc) is 2.58. The molecule has 0 unspecified atom stereocenters. The van der Waals surface area contributed by atoms with Gasteiger partial charge in [0.05, 0.1) is 11.1 Å². The van der Waals surface area contributed by atoms with E-state index >= 15 is 0 Å². The van der Waals surface area contributed by atoms with Crippen molar-refractivity contribution >= 4 is 28.4 Å². The van der Waals surface area contributed by atoms with E-state index in [-0.39, 0.29) is 11.5 Å². The van der Waals surface area contributed by atoms with Crippen LogP contribution in [-0.4, -0.2) is 17.0 Å². The van der Waals surface area contributed by atoms with Gasteiger partial charge in [0.1, 0.15) is 0 Å². The number of benzene rings is 2. The lowest BCUT2D eigenvalue weighted by atomic mass is 10.1. The van der Waals surface area contributed by atoms with Gasteiger partial charge in [-0.25, -0.2) is 0 Å². The van der Waals surface area contributed by atoms with E-state index in [1.54, 1.807) is 7.05 Å². The Balaban J connectivity index is 1.79. The highest BCUT2D eigenvalue weighted by molar-refractivity contribution is 6.30. The molecule has 24 heavy (non-hydrogen) atoms. The molecule has 5 heteroatoms. The van der Waals surface area contributed by atoms with Gasteiger partial charge in [-0.3, -0.25) is 9.59 Å². The molecule has 0 aliphatic carbocycles. The molecule has 2 aromatic carbocycles. The zero-order valence-corrected chi connectivity index (χ0v) is 14.0. The van der Waals surface area contributed by atoms with Crippen LogP contribution >= 0.6 is 11.6 Å². The van der Waals surface area contributed by atoms with Gasteiger partial charge in [0.25, 0.3) is 11.5 Å². The molecule has 0 aliphatic heterocycles. The fourth-order valence-corrected chi connectivity index (χ4v) is 2.92. The number of carbonyl (C=O) groups excluding carboxylic acids is 1. The quantitative estimate of drug-likeness (QED) is 0.793. The maximum absolute atomic E-state index is 12.5. The summed E-state index contributed by atoms with van der Waals surface area (Å²) in [6, 6.07) is 16.3. The molecule has 1 aromatic heterocycles.